The second-order valence-electron chi connectivity index (χ2n) is 7.46. The van der Waals surface area contributed by atoms with E-state index in [-0.39, 0.29) is 11.8 Å². The van der Waals surface area contributed by atoms with E-state index in [1.807, 2.05) is 60.7 Å². The third-order valence-corrected chi connectivity index (χ3v) is 5.25. The maximum Gasteiger partial charge on any atom is 0.259 e. The number of amides is 1. The number of carbonyl (C=O) groups is 1. The lowest BCUT2D eigenvalue weighted by Crippen LogP contribution is -2.31. The number of pyridine rings is 2. The van der Waals surface area contributed by atoms with Crippen LogP contribution in [-0.4, -0.2) is 43.5 Å². The Morgan fingerprint density at radius 2 is 1.77 bits per heavy atom. The van der Waals surface area contributed by atoms with Crippen molar-refractivity contribution in [2.45, 2.75) is 33.6 Å². The van der Waals surface area contributed by atoms with E-state index in [4.69, 9.17) is 0 Å². The number of nitrogens with zero attached hydrogens (tertiary/aromatic N) is 5. The summed E-state index contributed by atoms with van der Waals surface area (Å²) >= 11 is 0. The fourth-order valence-corrected chi connectivity index (χ4v) is 3.72. The number of fused-ring (bicyclic) bond motifs is 3. The molecule has 0 fully saturated rings. The Bertz CT molecular complexity index is 1190. The Kier molecular flexibility index (Phi) is 5.35. The van der Waals surface area contributed by atoms with E-state index in [1.165, 1.54) is 0 Å². The van der Waals surface area contributed by atoms with Gasteiger partial charge in [0.05, 0.1) is 5.69 Å². The van der Waals surface area contributed by atoms with Crippen molar-refractivity contribution >= 4 is 34.0 Å². The van der Waals surface area contributed by atoms with Gasteiger partial charge >= 0.3 is 0 Å². The molecule has 1 N–H and O–H groups in total. The lowest BCUT2D eigenvalue weighted by molar-refractivity contribution is 0.0775. The summed E-state index contributed by atoms with van der Waals surface area (Å²) in [6, 6.07) is 13.7. The van der Waals surface area contributed by atoms with E-state index in [0.29, 0.717) is 30.0 Å². The number of rotatable bonds is 6. The molecule has 4 aromatic rings. The van der Waals surface area contributed by atoms with Crippen molar-refractivity contribution in [2.75, 3.05) is 18.4 Å². The first kappa shape index (κ1) is 19.8. The van der Waals surface area contributed by atoms with Gasteiger partial charge < -0.3 is 10.2 Å². The smallest absolute Gasteiger partial charge is 0.259 e. The molecule has 3 aromatic heterocycles. The average Bonchev–Trinajstić information content (AvgIpc) is 3.21. The fraction of sp³-hybridized carbons (Fsp3) is 0.304. The molecule has 0 aliphatic rings. The van der Waals surface area contributed by atoms with Gasteiger partial charge in [-0.1, -0.05) is 32.0 Å². The first-order valence-corrected chi connectivity index (χ1v) is 10.3. The third-order valence-electron chi connectivity index (χ3n) is 5.25. The van der Waals surface area contributed by atoms with E-state index >= 15 is 0 Å². The minimum Gasteiger partial charge on any atom is -0.354 e. The highest BCUT2D eigenvalue weighted by Gasteiger charge is 2.27. The van der Waals surface area contributed by atoms with Crippen LogP contribution < -0.4 is 5.32 Å². The van der Waals surface area contributed by atoms with Crippen LogP contribution in [0.3, 0.4) is 0 Å². The van der Waals surface area contributed by atoms with Crippen molar-refractivity contribution in [1.29, 1.82) is 0 Å². The molecule has 1 aromatic carbocycles. The molecule has 154 valence electrons. The number of aromatic nitrogens is 4. The number of hydrogen-bond acceptors (Lipinski definition) is 5. The van der Waals surface area contributed by atoms with Crippen molar-refractivity contribution < 1.29 is 4.79 Å². The van der Waals surface area contributed by atoms with Crippen molar-refractivity contribution in [3.8, 4) is 0 Å². The molecule has 0 spiro atoms. The van der Waals surface area contributed by atoms with Crippen LogP contribution >= 0.6 is 0 Å². The Morgan fingerprint density at radius 1 is 1.03 bits per heavy atom. The highest BCUT2D eigenvalue weighted by atomic mass is 16.2. The van der Waals surface area contributed by atoms with Crippen molar-refractivity contribution in [1.82, 2.24) is 24.5 Å². The van der Waals surface area contributed by atoms with E-state index < -0.39 is 0 Å². The van der Waals surface area contributed by atoms with Crippen LogP contribution in [0.4, 0.5) is 11.4 Å². The monoisotopic (exact) mass is 402 g/mol. The number of nitrogens with one attached hydrogen (secondary N) is 1. The largest absolute Gasteiger partial charge is 0.354 e. The van der Waals surface area contributed by atoms with E-state index in [0.717, 1.165) is 22.5 Å². The molecule has 0 radical (unpaired) electrons. The van der Waals surface area contributed by atoms with Gasteiger partial charge in [0, 0.05) is 36.3 Å². The number of para-hydroxylation sites is 1. The standard InChI is InChI=1S/C23H26N6O/c1-5-28(6-2)23(30)18-19(25-16-11-8-7-9-12-16)17-13-10-14-24-21(17)29-20(15(3)4)26-27-22(18)29/h7-15,25H,5-6H2,1-4H3. The average molecular weight is 403 g/mol. The van der Waals surface area contributed by atoms with Crippen LogP contribution in [0.25, 0.3) is 16.7 Å². The summed E-state index contributed by atoms with van der Waals surface area (Å²) < 4.78 is 1.92. The van der Waals surface area contributed by atoms with E-state index in [9.17, 15) is 4.79 Å². The molecular formula is C23H26N6O. The van der Waals surface area contributed by atoms with Gasteiger partial charge in [-0.05, 0) is 38.1 Å². The lowest BCUT2D eigenvalue weighted by atomic mass is 10.1. The SMILES string of the molecule is CCN(CC)C(=O)c1c(Nc2ccccc2)c2cccnc2n2c(C(C)C)nnc12. The zero-order chi connectivity index (χ0) is 21.3. The molecule has 1 amide bonds. The second-order valence-corrected chi connectivity index (χ2v) is 7.46. The molecular weight excluding hydrogens is 376 g/mol. The molecule has 0 aliphatic heterocycles. The van der Waals surface area contributed by atoms with Gasteiger partial charge in [0.2, 0.25) is 0 Å². The van der Waals surface area contributed by atoms with Crippen LogP contribution in [0.1, 0.15) is 49.8 Å². The Balaban J connectivity index is 2.10. The Hall–Kier alpha value is -3.48. The quantitative estimate of drug-likeness (QED) is 0.509. The summed E-state index contributed by atoms with van der Waals surface area (Å²) in [5.74, 6) is 0.847. The molecule has 0 saturated heterocycles. The van der Waals surface area contributed by atoms with Gasteiger partial charge in [-0.2, -0.15) is 0 Å². The first-order chi connectivity index (χ1) is 14.6. The molecule has 7 heteroatoms. The van der Waals surface area contributed by atoms with E-state index in [1.54, 1.807) is 11.1 Å². The molecule has 4 rings (SSSR count). The molecule has 30 heavy (non-hydrogen) atoms. The summed E-state index contributed by atoms with van der Waals surface area (Å²) in [5, 5.41) is 13.2. The zero-order valence-corrected chi connectivity index (χ0v) is 17.8. The fourth-order valence-electron chi connectivity index (χ4n) is 3.72. The normalized spacial score (nSPS) is 11.4. The highest BCUT2D eigenvalue weighted by Crippen LogP contribution is 2.34. The Labute approximate surface area is 175 Å². The number of carbonyl (C=O) groups excluding carboxylic acids is 1. The predicted octanol–water partition coefficient (Wildman–Crippen LogP) is 4.63. The molecule has 0 bridgehead atoms. The maximum absolute atomic E-state index is 13.6. The highest BCUT2D eigenvalue weighted by molar-refractivity contribution is 6.12. The molecule has 3 heterocycles. The van der Waals surface area contributed by atoms with Gasteiger partial charge in [-0.15, -0.1) is 10.2 Å². The van der Waals surface area contributed by atoms with Crippen LogP contribution in [0.5, 0.6) is 0 Å². The second kappa shape index (κ2) is 8.10. The van der Waals surface area contributed by atoms with Crippen molar-refractivity contribution in [3.63, 3.8) is 0 Å². The minimum absolute atomic E-state index is 0.0723. The number of hydrogen-bond donors (Lipinski definition) is 1. The van der Waals surface area contributed by atoms with Gasteiger partial charge in [0.25, 0.3) is 5.91 Å². The van der Waals surface area contributed by atoms with Gasteiger partial charge in [0.1, 0.15) is 17.0 Å². The number of anilines is 2. The van der Waals surface area contributed by atoms with E-state index in [2.05, 4.69) is 34.3 Å². The third kappa shape index (κ3) is 3.26. The summed E-state index contributed by atoms with van der Waals surface area (Å²) in [7, 11) is 0. The lowest BCUT2D eigenvalue weighted by Gasteiger charge is -2.22. The van der Waals surface area contributed by atoms with Crippen molar-refractivity contribution in [3.05, 3.63) is 60.0 Å². The maximum atomic E-state index is 13.6. The van der Waals surface area contributed by atoms with Gasteiger partial charge in [-0.3, -0.25) is 9.20 Å². The van der Waals surface area contributed by atoms with Crippen LogP contribution in [0, 0.1) is 0 Å². The van der Waals surface area contributed by atoms with Crippen LogP contribution in [0.2, 0.25) is 0 Å². The zero-order valence-electron chi connectivity index (χ0n) is 17.8. The molecule has 0 aliphatic carbocycles. The number of benzene rings is 1. The van der Waals surface area contributed by atoms with Gasteiger partial charge in [-0.25, -0.2) is 4.98 Å². The molecule has 7 nitrogen and oxygen atoms in total. The minimum atomic E-state index is -0.0723. The molecule has 0 unspecified atom stereocenters. The molecule has 0 atom stereocenters. The molecule has 0 saturated carbocycles. The summed E-state index contributed by atoms with van der Waals surface area (Å²) in [4.78, 5) is 20.1. The Morgan fingerprint density at radius 3 is 2.43 bits per heavy atom. The first-order valence-electron chi connectivity index (χ1n) is 10.3. The predicted molar refractivity (Wildman–Crippen MR) is 119 cm³/mol. The van der Waals surface area contributed by atoms with Crippen LogP contribution in [-0.2, 0) is 0 Å². The summed E-state index contributed by atoms with van der Waals surface area (Å²) in [6.07, 6.45) is 1.75. The van der Waals surface area contributed by atoms with Crippen molar-refractivity contribution in [2.24, 2.45) is 0 Å². The van der Waals surface area contributed by atoms with Crippen LogP contribution in [0.15, 0.2) is 48.7 Å². The topological polar surface area (TPSA) is 75.4 Å². The summed E-state index contributed by atoms with van der Waals surface area (Å²) in [6.45, 7) is 9.31. The van der Waals surface area contributed by atoms with Gasteiger partial charge in [0.15, 0.2) is 5.65 Å². The summed E-state index contributed by atoms with van der Waals surface area (Å²) in [5.41, 5.74) is 3.37.